The van der Waals surface area contributed by atoms with Gasteiger partial charge < -0.3 is 14.7 Å². The van der Waals surface area contributed by atoms with Gasteiger partial charge in [-0.05, 0) is 70.2 Å². The van der Waals surface area contributed by atoms with Crippen LogP contribution in [0.2, 0.25) is 0 Å². The van der Waals surface area contributed by atoms with Crippen LogP contribution in [0.25, 0.3) is 0 Å². The largest absolute Gasteiger partial charge is 0.488 e. The highest BCUT2D eigenvalue weighted by Crippen LogP contribution is 2.29. The second-order valence-electron chi connectivity index (χ2n) is 7.78. The molecule has 0 saturated carbocycles. The maximum atomic E-state index is 11.6. The Labute approximate surface area is 174 Å². The Morgan fingerprint density at radius 2 is 1.66 bits per heavy atom. The lowest BCUT2D eigenvalue weighted by Gasteiger charge is -2.34. The molecule has 2 aromatic carbocycles. The molecule has 0 radical (unpaired) electrons. The molecule has 2 rings (SSSR count). The SMILES string of the molecule is C=CCOc1c(CCCc2ccccc2N(C(C)C)C(C)C)cccc1C(=O)O. The van der Waals surface area contributed by atoms with Crippen LogP contribution in [0.5, 0.6) is 5.75 Å². The molecule has 0 unspecified atom stereocenters. The smallest absolute Gasteiger partial charge is 0.339 e. The van der Waals surface area contributed by atoms with Gasteiger partial charge in [-0.3, -0.25) is 0 Å². The van der Waals surface area contributed by atoms with E-state index in [2.05, 4.69) is 63.4 Å². The first-order chi connectivity index (χ1) is 13.9. The normalized spacial score (nSPS) is 11.0. The quantitative estimate of drug-likeness (QED) is 0.492. The Morgan fingerprint density at radius 3 is 2.28 bits per heavy atom. The second kappa shape index (κ2) is 10.7. The van der Waals surface area contributed by atoms with Gasteiger partial charge in [-0.1, -0.05) is 43.0 Å². The van der Waals surface area contributed by atoms with E-state index in [0.717, 1.165) is 24.8 Å². The van der Waals surface area contributed by atoms with Gasteiger partial charge in [-0.25, -0.2) is 4.79 Å². The van der Waals surface area contributed by atoms with Crippen molar-refractivity contribution >= 4 is 11.7 Å². The Bertz CT molecular complexity index is 819. The summed E-state index contributed by atoms with van der Waals surface area (Å²) >= 11 is 0. The van der Waals surface area contributed by atoms with Crippen molar-refractivity contribution in [2.75, 3.05) is 11.5 Å². The molecule has 0 spiro atoms. The van der Waals surface area contributed by atoms with Gasteiger partial charge >= 0.3 is 5.97 Å². The molecule has 2 aromatic rings. The molecule has 1 N–H and O–H groups in total. The van der Waals surface area contributed by atoms with Crippen molar-refractivity contribution in [3.8, 4) is 5.75 Å². The number of rotatable bonds is 11. The average molecular weight is 396 g/mol. The predicted molar refractivity (Wildman–Crippen MR) is 120 cm³/mol. The van der Waals surface area contributed by atoms with E-state index in [1.54, 1.807) is 18.2 Å². The maximum absolute atomic E-state index is 11.6. The number of anilines is 1. The first-order valence-corrected chi connectivity index (χ1v) is 10.3. The van der Waals surface area contributed by atoms with Crippen LogP contribution in [0.15, 0.2) is 55.1 Å². The van der Waals surface area contributed by atoms with E-state index in [-0.39, 0.29) is 12.2 Å². The molecule has 0 atom stereocenters. The molecule has 0 fully saturated rings. The number of aryl methyl sites for hydroxylation is 2. The van der Waals surface area contributed by atoms with Crippen LogP contribution in [-0.4, -0.2) is 29.8 Å². The van der Waals surface area contributed by atoms with E-state index in [0.29, 0.717) is 17.8 Å². The van der Waals surface area contributed by atoms with E-state index in [1.165, 1.54) is 11.3 Å². The molecule has 0 saturated heterocycles. The zero-order valence-electron chi connectivity index (χ0n) is 18.0. The van der Waals surface area contributed by atoms with Gasteiger partial charge in [0.2, 0.25) is 0 Å². The molecule has 0 aliphatic heterocycles. The highest BCUT2D eigenvalue weighted by atomic mass is 16.5. The van der Waals surface area contributed by atoms with E-state index >= 15 is 0 Å². The van der Waals surface area contributed by atoms with Crippen LogP contribution >= 0.6 is 0 Å². The fourth-order valence-corrected chi connectivity index (χ4v) is 3.86. The van der Waals surface area contributed by atoms with Crippen molar-refractivity contribution in [2.45, 2.75) is 59.0 Å². The standard InChI is InChI=1S/C25H33NO3/c1-6-17-29-24-21(14-10-15-22(24)25(27)28)13-9-12-20-11-7-8-16-23(20)26(18(2)3)19(4)5/h6-8,10-11,14-16,18-19H,1,9,12-13,17H2,2-5H3,(H,27,28). The third-order valence-electron chi connectivity index (χ3n) is 4.95. The van der Waals surface area contributed by atoms with Crippen LogP contribution in [0.4, 0.5) is 5.69 Å². The fraction of sp³-hybridized carbons (Fsp3) is 0.400. The van der Waals surface area contributed by atoms with Gasteiger partial charge in [-0.15, -0.1) is 0 Å². The summed E-state index contributed by atoms with van der Waals surface area (Å²) in [5.74, 6) is -0.514. The maximum Gasteiger partial charge on any atom is 0.339 e. The lowest BCUT2D eigenvalue weighted by molar-refractivity contribution is 0.0692. The van der Waals surface area contributed by atoms with Crippen LogP contribution in [-0.2, 0) is 12.8 Å². The number of carbonyl (C=O) groups is 1. The zero-order chi connectivity index (χ0) is 21.4. The highest BCUT2D eigenvalue weighted by Gasteiger charge is 2.18. The molecule has 4 nitrogen and oxygen atoms in total. The van der Waals surface area contributed by atoms with Gasteiger partial charge in [0.05, 0.1) is 0 Å². The minimum Gasteiger partial charge on any atom is -0.488 e. The first kappa shape index (κ1) is 22.5. The average Bonchev–Trinajstić information content (AvgIpc) is 2.67. The second-order valence-corrected chi connectivity index (χ2v) is 7.78. The minimum absolute atomic E-state index is 0.204. The number of para-hydroxylation sites is 2. The fourth-order valence-electron chi connectivity index (χ4n) is 3.86. The molecule has 0 aromatic heterocycles. The molecule has 29 heavy (non-hydrogen) atoms. The highest BCUT2D eigenvalue weighted by molar-refractivity contribution is 5.91. The predicted octanol–water partition coefficient (Wildman–Crippen LogP) is 5.75. The topological polar surface area (TPSA) is 49.8 Å². The van der Waals surface area contributed by atoms with Gasteiger partial charge in [0, 0.05) is 17.8 Å². The lowest BCUT2D eigenvalue weighted by Crippen LogP contribution is -2.37. The van der Waals surface area contributed by atoms with Crippen LogP contribution < -0.4 is 9.64 Å². The number of hydrogen-bond acceptors (Lipinski definition) is 3. The summed E-state index contributed by atoms with van der Waals surface area (Å²) in [6.07, 6.45) is 4.22. The molecule has 0 heterocycles. The summed E-state index contributed by atoms with van der Waals surface area (Å²) in [7, 11) is 0. The molecule has 0 aliphatic carbocycles. The Kier molecular flexibility index (Phi) is 8.32. The van der Waals surface area contributed by atoms with Crippen LogP contribution in [0.1, 0.15) is 55.6 Å². The van der Waals surface area contributed by atoms with Gasteiger partial charge in [0.1, 0.15) is 17.9 Å². The zero-order valence-corrected chi connectivity index (χ0v) is 18.0. The lowest BCUT2D eigenvalue weighted by atomic mass is 9.99. The molecular formula is C25H33NO3. The van der Waals surface area contributed by atoms with Gasteiger partial charge in [0.25, 0.3) is 0 Å². The number of carboxylic acid groups (broad SMARTS) is 1. The van der Waals surface area contributed by atoms with Crippen molar-refractivity contribution in [3.63, 3.8) is 0 Å². The van der Waals surface area contributed by atoms with Gasteiger partial charge in [-0.2, -0.15) is 0 Å². The monoisotopic (exact) mass is 395 g/mol. The number of hydrogen-bond donors (Lipinski definition) is 1. The van der Waals surface area contributed by atoms with Gasteiger partial charge in [0.15, 0.2) is 0 Å². The number of ether oxygens (including phenoxy) is 1. The van der Waals surface area contributed by atoms with Crippen LogP contribution in [0, 0.1) is 0 Å². The third-order valence-corrected chi connectivity index (χ3v) is 4.95. The molecule has 0 bridgehead atoms. The number of carboxylic acids is 1. The molecule has 156 valence electrons. The van der Waals surface area contributed by atoms with Crippen LogP contribution in [0.3, 0.4) is 0 Å². The number of benzene rings is 2. The Hall–Kier alpha value is -2.75. The van der Waals surface area contributed by atoms with Crippen molar-refractivity contribution in [1.82, 2.24) is 0 Å². The molecule has 0 amide bonds. The van der Waals surface area contributed by atoms with Crippen molar-refractivity contribution in [3.05, 3.63) is 71.8 Å². The molecular weight excluding hydrogens is 362 g/mol. The Balaban J connectivity index is 2.20. The summed E-state index contributed by atoms with van der Waals surface area (Å²) in [6.45, 7) is 12.8. The summed E-state index contributed by atoms with van der Waals surface area (Å²) in [5, 5.41) is 9.48. The first-order valence-electron chi connectivity index (χ1n) is 10.3. The van der Waals surface area contributed by atoms with E-state index < -0.39 is 5.97 Å². The van der Waals surface area contributed by atoms with Crippen molar-refractivity contribution < 1.29 is 14.6 Å². The van der Waals surface area contributed by atoms with Crippen molar-refractivity contribution in [2.24, 2.45) is 0 Å². The Morgan fingerprint density at radius 1 is 1.03 bits per heavy atom. The van der Waals surface area contributed by atoms with E-state index in [4.69, 9.17) is 4.74 Å². The summed E-state index contributed by atoms with van der Waals surface area (Å²) in [5.41, 5.74) is 3.72. The third kappa shape index (κ3) is 5.86. The summed E-state index contributed by atoms with van der Waals surface area (Å²) in [6, 6.07) is 14.7. The van der Waals surface area contributed by atoms with E-state index in [1.807, 2.05) is 6.07 Å². The molecule has 0 aliphatic rings. The number of nitrogens with zero attached hydrogens (tertiary/aromatic N) is 1. The van der Waals surface area contributed by atoms with Crippen molar-refractivity contribution in [1.29, 1.82) is 0 Å². The summed E-state index contributed by atoms with van der Waals surface area (Å²) in [4.78, 5) is 14.0. The minimum atomic E-state index is -0.972. The molecule has 4 heteroatoms. The number of aromatic carboxylic acids is 1. The van der Waals surface area contributed by atoms with E-state index in [9.17, 15) is 9.90 Å². The summed E-state index contributed by atoms with van der Waals surface area (Å²) < 4.78 is 5.70.